The summed E-state index contributed by atoms with van der Waals surface area (Å²) >= 11 is 0. The molecule has 5 nitrogen and oxygen atoms in total. The van der Waals surface area contributed by atoms with Crippen LogP contribution in [0.5, 0.6) is 11.8 Å². The second kappa shape index (κ2) is 8.17. The molecule has 0 amide bonds. The Morgan fingerprint density at radius 3 is 2.00 bits per heavy atom. The molecule has 1 aromatic heterocycles. The molecule has 4 aromatic carbocycles. The van der Waals surface area contributed by atoms with Crippen molar-refractivity contribution in [1.29, 1.82) is 0 Å². The molecule has 0 unspecified atom stereocenters. The largest absolute Gasteiger partial charge is 0.507 e. The first-order valence-electron chi connectivity index (χ1n) is 11.4. The van der Waals surface area contributed by atoms with E-state index in [0.717, 1.165) is 52.8 Å². The average Bonchev–Trinajstić information content (AvgIpc) is 3.35. The highest BCUT2D eigenvalue weighted by Crippen LogP contribution is 2.37. The van der Waals surface area contributed by atoms with E-state index in [2.05, 4.69) is 35.3 Å². The smallest absolute Gasteiger partial charge is 0.320 e. The Labute approximate surface area is 191 Å². The van der Waals surface area contributed by atoms with Crippen LogP contribution in [0.2, 0.25) is 0 Å². The number of hydrogen-bond donors (Lipinski definition) is 1. The molecule has 5 aromatic rings. The Balaban J connectivity index is 1.62. The molecule has 6 rings (SSSR count). The van der Waals surface area contributed by atoms with Crippen molar-refractivity contribution in [2.45, 2.75) is 31.8 Å². The van der Waals surface area contributed by atoms with Gasteiger partial charge in [-0.25, -0.2) is 4.98 Å². The van der Waals surface area contributed by atoms with E-state index in [0.29, 0.717) is 23.2 Å². The number of aromatic hydroxyl groups is 1. The summed E-state index contributed by atoms with van der Waals surface area (Å²) in [5, 5.41) is 14.9. The molecule has 33 heavy (non-hydrogen) atoms. The third-order valence-electron chi connectivity index (χ3n) is 6.33. The van der Waals surface area contributed by atoms with Gasteiger partial charge < -0.3 is 9.84 Å². The average molecular weight is 434 g/mol. The van der Waals surface area contributed by atoms with E-state index in [4.69, 9.17) is 14.7 Å². The molecule has 0 saturated heterocycles. The molecular formula is C28H23N3O2. The van der Waals surface area contributed by atoms with Crippen molar-refractivity contribution in [1.82, 2.24) is 15.0 Å². The van der Waals surface area contributed by atoms with Crippen molar-refractivity contribution < 1.29 is 9.84 Å². The zero-order chi connectivity index (χ0) is 22.2. The van der Waals surface area contributed by atoms with Gasteiger partial charge in [0.15, 0.2) is 11.6 Å². The zero-order valence-corrected chi connectivity index (χ0v) is 18.1. The minimum Gasteiger partial charge on any atom is -0.507 e. The molecule has 0 spiro atoms. The maximum Gasteiger partial charge on any atom is 0.320 e. The van der Waals surface area contributed by atoms with Gasteiger partial charge in [0, 0.05) is 5.56 Å². The van der Waals surface area contributed by atoms with Crippen LogP contribution < -0.4 is 4.74 Å². The highest BCUT2D eigenvalue weighted by molar-refractivity contribution is 6.11. The van der Waals surface area contributed by atoms with Gasteiger partial charge in [0.05, 0.1) is 5.56 Å². The van der Waals surface area contributed by atoms with E-state index in [9.17, 15) is 5.11 Å². The maximum atomic E-state index is 10.5. The fourth-order valence-electron chi connectivity index (χ4n) is 4.71. The minimum atomic E-state index is 0.113. The second-order valence-electron chi connectivity index (χ2n) is 8.50. The molecule has 162 valence electrons. The lowest BCUT2D eigenvalue weighted by atomic mass is 9.96. The van der Waals surface area contributed by atoms with Gasteiger partial charge in [0.1, 0.15) is 11.9 Å². The number of ether oxygens (including phenoxy) is 1. The highest BCUT2D eigenvalue weighted by atomic mass is 16.5. The standard InChI is InChI=1S/C28H23N3O2/c32-24-16-8-7-15-23(24)26-29-27(31-28(30-26)33-20-11-3-4-12-20)25-21-13-5-1-9-18(21)17-19-10-2-6-14-22(19)25/h1-2,5-10,13-17,20,32H,3-4,11-12H2. The number of phenols is 1. The summed E-state index contributed by atoms with van der Waals surface area (Å²) in [4.78, 5) is 14.3. The van der Waals surface area contributed by atoms with E-state index in [1.165, 1.54) is 0 Å². The SMILES string of the molecule is Oc1ccccc1-c1nc(OC2CCCC2)nc(-c2c3ccccc3cc3ccccc23)n1. The third kappa shape index (κ3) is 3.65. The van der Waals surface area contributed by atoms with Gasteiger partial charge in [0.2, 0.25) is 0 Å². The molecule has 5 heteroatoms. The Hall–Kier alpha value is -3.99. The molecule has 1 fully saturated rings. The fraction of sp³-hybridized carbons (Fsp3) is 0.179. The number of hydrogen-bond acceptors (Lipinski definition) is 5. The number of rotatable bonds is 4. The van der Waals surface area contributed by atoms with Gasteiger partial charge in [-0.3, -0.25) is 0 Å². The number of phenolic OH excluding ortho intramolecular Hbond substituents is 1. The van der Waals surface area contributed by atoms with Crippen molar-refractivity contribution >= 4 is 21.5 Å². The molecule has 0 atom stereocenters. The Morgan fingerprint density at radius 2 is 1.30 bits per heavy atom. The predicted molar refractivity (Wildman–Crippen MR) is 130 cm³/mol. The normalized spacial score (nSPS) is 14.2. The van der Waals surface area contributed by atoms with Gasteiger partial charge in [-0.2, -0.15) is 9.97 Å². The summed E-state index contributed by atoms with van der Waals surface area (Å²) in [5.41, 5.74) is 1.50. The fourth-order valence-corrected chi connectivity index (χ4v) is 4.71. The Kier molecular flexibility index (Phi) is 4.87. The predicted octanol–water partition coefficient (Wildman–Crippen LogP) is 6.54. The molecule has 1 aliphatic carbocycles. The van der Waals surface area contributed by atoms with E-state index in [1.807, 2.05) is 36.4 Å². The molecule has 1 heterocycles. The van der Waals surface area contributed by atoms with Crippen LogP contribution in [0.1, 0.15) is 25.7 Å². The van der Waals surface area contributed by atoms with Gasteiger partial charge in [-0.05, 0) is 65.4 Å². The molecule has 1 N–H and O–H groups in total. The molecular weight excluding hydrogens is 410 g/mol. The number of nitrogens with zero attached hydrogens (tertiary/aromatic N) is 3. The lowest BCUT2D eigenvalue weighted by Crippen LogP contribution is -2.14. The monoisotopic (exact) mass is 433 g/mol. The van der Waals surface area contributed by atoms with Crippen LogP contribution >= 0.6 is 0 Å². The van der Waals surface area contributed by atoms with Crippen LogP contribution in [0.4, 0.5) is 0 Å². The molecule has 0 radical (unpaired) electrons. The van der Waals surface area contributed by atoms with E-state index >= 15 is 0 Å². The molecule has 1 aliphatic rings. The lowest BCUT2D eigenvalue weighted by molar-refractivity contribution is 0.192. The molecule has 1 saturated carbocycles. The van der Waals surface area contributed by atoms with Crippen molar-refractivity contribution in [3.05, 3.63) is 78.9 Å². The summed E-state index contributed by atoms with van der Waals surface area (Å²) in [6, 6.07) is 26.1. The quantitative estimate of drug-likeness (QED) is 0.326. The molecule has 0 aliphatic heterocycles. The van der Waals surface area contributed by atoms with Gasteiger partial charge in [0.25, 0.3) is 0 Å². The zero-order valence-electron chi connectivity index (χ0n) is 18.1. The number of benzene rings is 4. The third-order valence-corrected chi connectivity index (χ3v) is 6.33. The number of para-hydroxylation sites is 1. The van der Waals surface area contributed by atoms with Crippen LogP contribution in [-0.2, 0) is 0 Å². The van der Waals surface area contributed by atoms with Crippen LogP contribution in [-0.4, -0.2) is 26.2 Å². The van der Waals surface area contributed by atoms with Crippen LogP contribution in [0.3, 0.4) is 0 Å². The summed E-state index contributed by atoms with van der Waals surface area (Å²) < 4.78 is 6.22. The summed E-state index contributed by atoms with van der Waals surface area (Å²) in [5.74, 6) is 1.08. The maximum absolute atomic E-state index is 10.5. The first kappa shape index (κ1) is 19.7. The van der Waals surface area contributed by atoms with E-state index in [-0.39, 0.29) is 11.9 Å². The first-order valence-corrected chi connectivity index (χ1v) is 11.4. The van der Waals surface area contributed by atoms with Crippen molar-refractivity contribution in [3.8, 4) is 34.5 Å². The van der Waals surface area contributed by atoms with Gasteiger partial charge in [-0.1, -0.05) is 60.7 Å². The summed E-state index contributed by atoms with van der Waals surface area (Å²) in [6.07, 6.45) is 4.43. The Bertz CT molecular complexity index is 1420. The van der Waals surface area contributed by atoms with Gasteiger partial charge >= 0.3 is 6.01 Å². The first-order chi connectivity index (χ1) is 16.3. The highest BCUT2D eigenvalue weighted by Gasteiger charge is 2.21. The molecule has 0 bridgehead atoms. The topological polar surface area (TPSA) is 68.1 Å². The van der Waals surface area contributed by atoms with Crippen LogP contribution in [0.25, 0.3) is 44.3 Å². The van der Waals surface area contributed by atoms with Crippen molar-refractivity contribution in [2.75, 3.05) is 0 Å². The van der Waals surface area contributed by atoms with Crippen LogP contribution in [0.15, 0.2) is 78.9 Å². The Morgan fingerprint density at radius 1 is 0.697 bits per heavy atom. The number of aromatic nitrogens is 3. The lowest BCUT2D eigenvalue weighted by Gasteiger charge is -2.15. The number of fused-ring (bicyclic) bond motifs is 2. The van der Waals surface area contributed by atoms with Crippen LogP contribution in [0, 0.1) is 0 Å². The second-order valence-corrected chi connectivity index (χ2v) is 8.50. The van der Waals surface area contributed by atoms with E-state index < -0.39 is 0 Å². The minimum absolute atomic E-state index is 0.113. The van der Waals surface area contributed by atoms with Crippen molar-refractivity contribution in [3.63, 3.8) is 0 Å². The summed E-state index contributed by atoms with van der Waals surface area (Å²) in [7, 11) is 0. The van der Waals surface area contributed by atoms with Crippen molar-refractivity contribution in [2.24, 2.45) is 0 Å². The van der Waals surface area contributed by atoms with Gasteiger partial charge in [-0.15, -0.1) is 0 Å². The summed E-state index contributed by atoms with van der Waals surface area (Å²) in [6.45, 7) is 0. The van der Waals surface area contributed by atoms with E-state index in [1.54, 1.807) is 12.1 Å².